The summed E-state index contributed by atoms with van der Waals surface area (Å²) in [4.78, 5) is 14.1. The Balaban J connectivity index is 1.95. The zero-order valence-corrected chi connectivity index (χ0v) is 19.4. The highest BCUT2D eigenvalue weighted by Crippen LogP contribution is 2.34. The Bertz CT molecular complexity index is 1060. The van der Waals surface area contributed by atoms with Gasteiger partial charge in [-0.3, -0.25) is 10.1 Å². The van der Waals surface area contributed by atoms with Crippen LogP contribution in [0.1, 0.15) is 29.5 Å². The number of unbranched alkanes of at least 4 members (excludes halogenated alkanes) is 1. The third kappa shape index (κ3) is 6.67. The molecule has 172 valence electrons. The first kappa shape index (κ1) is 24.0. The molecule has 3 rings (SSSR count). The molecule has 0 saturated heterocycles. The van der Waals surface area contributed by atoms with E-state index in [1.54, 1.807) is 31.4 Å². The van der Waals surface area contributed by atoms with Crippen molar-refractivity contribution in [1.29, 1.82) is 0 Å². The van der Waals surface area contributed by atoms with Gasteiger partial charge < -0.3 is 14.4 Å². The van der Waals surface area contributed by atoms with Crippen molar-refractivity contribution in [2.45, 2.75) is 12.8 Å². The van der Waals surface area contributed by atoms with Gasteiger partial charge in [0.05, 0.1) is 29.8 Å². The minimum atomic E-state index is -0.315. The monoisotopic (exact) mass is 446 g/mol. The van der Waals surface area contributed by atoms with E-state index in [-0.39, 0.29) is 10.6 Å². The lowest BCUT2D eigenvalue weighted by Crippen LogP contribution is -2.13. The molecular weight excluding hydrogens is 416 g/mol. The lowest BCUT2D eigenvalue weighted by atomic mass is 9.93. The Hall–Kier alpha value is -3.64. The lowest BCUT2D eigenvalue weighted by molar-refractivity contribution is -0.374. The molecule has 0 radical (unpaired) electrons. The van der Waals surface area contributed by atoms with Gasteiger partial charge in [0.15, 0.2) is 0 Å². The molecule has 0 aliphatic rings. The van der Waals surface area contributed by atoms with Gasteiger partial charge in [0.25, 0.3) is 5.70 Å². The van der Waals surface area contributed by atoms with Crippen molar-refractivity contribution in [2.24, 2.45) is 0 Å². The van der Waals surface area contributed by atoms with Crippen LogP contribution in [-0.4, -0.2) is 44.2 Å². The van der Waals surface area contributed by atoms with Crippen molar-refractivity contribution >= 4 is 11.3 Å². The first-order valence-corrected chi connectivity index (χ1v) is 11.0. The summed E-state index contributed by atoms with van der Waals surface area (Å²) in [6.45, 7) is 1.67. The lowest BCUT2D eigenvalue weighted by Gasteiger charge is -2.13. The molecule has 0 N–H and O–H groups in total. The Labute approximate surface area is 195 Å². The summed E-state index contributed by atoms with van der Waals surface area (Å²) < 4.78 is 11.1. The fourth-order valence-corrected chi connectivity index (χ4v) is 3.57. The molecule has 0 spiro atoms. The second-order valence-corrected chi connectivity index (χ2v) is 7.96. The third-order valence-corrected chi connectivity index (χ3v) is 5.26. The summed E-state index contributed by atoms with van der Waals surface area (Å²) in [7, 11) is 5.71. The van der Waals surface area contributed by atoms with Crippen LogP contribution < -0.4 is 9.47 Å². The number of hydrogen-bond donors (Lipinski definition) is 0. The van der Waals surface area contributed by atoms with E-state index in [9.17, 15) is 10.1 Å². The Kier molecular flexibility index (Phi) is 8.61. The summed E-state index contributed by atoms with van der Waals surface area (Å²) in [5.41, 5.74) is 2.64. The van der Waals surface area contributed by atoms with E-state index < -0.39 is 0 Å². The zero-order chi connectivity index (χ0) is 23.6. The van der Waals surface area contributed by atoms with Gasteiger partial charge in [-0.25, -0.2) is 0 Å². The van der Waals surface area contributed by atoms with Crippen LogP contribution in [0.3, 0.4) is 0 Å². The van der Waals surface area contributed by atoms with Crippen LogP contribution >= 0.6 is 0 Å². The van der Waals surface area contributed by atoms with Crippen LogP contribution in [-0.2, 0) is 0 Å². The van der Waals surface area contributed by atoms with Crippen LogP contribution in [0.4, 0.5) is 0 Å². The SMILES string of the molecule is COc1ccc(/C(=C(/c2ccccc2)[N+](=O)[O-])c2ccc(OCCCCN(C)C)cc2)cc1. The fraction of sp³-hybridized carbons (Fsp3) is 0.259. The number of benzene rings is 3. The van der Waals surface area contributed by atoms with Crippen molar-refractivity contribution in [3.63, 3.8) is 0 Å². The summed E-state index contributed by atoms with van der Waals surface area (Å²) in [5, 5.41) is 12.2. The van der Waals surface area contributed by atoms with Crippen molar-refractivity contribution in [3.05, 3.63) is 106 Å². The quantitative estimate of drug-likeness (QED) is 0.166. The highest BCUT2D eigenvalue weighted by molar-refractivity contribution is 5.95. The molecule has 0 bridgehead atoms. The summed E-state index contributed by atoms with van der Waals surface area (Å²) in [5.74, 6) is 1.44. The number of nitrogens with zero attached hydrogens (tertiary/aromatic N) is 2. The molecule has 33 heavy (non-hydrogen) atoms. The average molecular weight is 447 g/mol. The highest BCUT2D eigenvalue weighted by atomic mass is 16.6. The van der Waals surface area contributed by atoms with Crippen LogP contribution in [0, 0.1) is 10.1 Å². The minimum Gasteiger partial charge on any atom is -0.497 e. The predicted octanol–water partition coefficient (Wildman–Crippen LogP) is 5.61. The van der Waals surface area contributed by atoms with Crippen LogP contribution in [0.5, 0.6) is 11.5 Å². The smallest absolute Gasteiger partial charge is 0.284 e. The van der Waals surface area contributed by atoms with E-state index in [0.29, 0.717) is 23.5 Å². The molecule has 0 atom stereocenters. The van der Waals surface area contributed by atoms with Crippen molar-refractivity contribution in [2.75, 3.05) is 34.4 Å². The molecule has 0 aliphatic carbocycles. The second kappa shape index (κ2) is 11.8. The van der Waals surface area contributed by atoms with Crippen LogP contribution in [0.15, 0.2) is 78.9 Å². The molecule has 0 saturated carbocycles. The fourth-order valence-electron chi connectivity index (χ4n) is 3.57. The maximum atomic E-state index is 12.2. The van der Waals surface area contributed by atoms with Crippen molar-refractivity contribution < 1.29 is 14.4 Å². The van der Waals surface area contributed by atoms with Crippen molar-refractivity contribution in [1.82, 2.24) is 4.90 Å². The molecule has 0 unspecified atom stereocenters. The van der Waals surface area contributed by atoms with Crippen LogP contribution in [0.2, 0.25) is 0 Å². The van der Waals surface area contributed by atoms with Gasteiger partial charge in [-0.05, 0) is 81.0 Å². The van der Waals surface area contributed by atoms with E-state index in [1.807, 2.05) is 54.6 Å². The number of ether oxygens (including phenoxy) is 2. The standard InChI is InChI=1S/C27H30N2O4/c1-28(2)19-7-8-20-33-25-17-13-22(14-18-25)26(21-11-15-24(32-3)16-12-21)27(29(30)31)23-9-5-4-6-10-23/h4-6,9-18H,7-8,19-20H2,1-3H3/b27-26+. The number of methoxy groups -OCH3 is 1. The van der Waals surface area contributed by atoms with Gasteiger partial charge in [0, 0.05) is 0 Å². The Morgan fingerprint density at radius 2 is 1.39 bits per heavy atom. The number of nitro groups is 1. The normalized spacial score (nSPS) is 11.8. The second-order valence-electron chi connectivity index (χ2n) is 7.96. The van der Waals surface area contributed by atoms with Gasteiger partial charge in [-0.2, -0.15) is 0 Å². The van der Waals surface area contributed by atoms with Gasteiger partial charge in [0.2, 0.25) is 0 Å². The van der Waals surface area contributed by atoms with E-state index in [1.165, 1.54) is 0 Å². The highest BCUT2D eigenvalue weighted by Gasteiger charge is 2.24. The number of hydrogen-bond acceptors (Lipinski definition) is 5. The molecule has 3 aromatic carbocycles. The molecule has 0 fully saturated rings. The Morgan fingerprint density at radius 1 is 0.818 bits per heavy atom. The van der Waals surface area contributed by atoms with E-state index in [0.717, 1.165) is 36.3 Å². The first-order chi connectivity index (χ1) is 16.0. The zero-order valence-electron chi connectivity index (χ0n) is 19.4. The molecule has 6 heteroatoms. The molecular formula is C27H30N2O4. The van der Waals surface area contributed by atoms with Gasteiger partial charge in [-0.1, -0.05) is 42.5 Å². The van der Waals surface area contributed by atoms with Gasteiger partial charge >= 0.3 is 0 Å². The van der Waals surface area contributed by atoms with E-state index >= 15 is 0 Å². The average Bonchev–Trinajstić information content (AvgIpc) is 2.83. The molecule has 0 amide bonds. The summed E-state index contributed by atoms with van der Waals surface area (Å²) in [6, 6.07) is 23.8. The number of rotatable bonds is 11. The van der Waals surface area contributed by atoms with E-state index in [2.05, 4.69) is 19.0 Å². The van der Waals surface area contributed by atoms with Crippen molar-refractivity contribution in [3.8, 4) is 11.5 Å². The Morgan fingerprint density at radius 3 is 1.91 bits per heavy atom. The molecule has 0 aromatic heterocycles. The molecule has 3 aromatic rings. The first-order valence-electron chi connectivity index (χ1n) is 11.0. The minimum absolute atomic E-state index is 0.0538. The maximum Gasteiger partial charge on any atom is 0.284 e. The molecule has 6 nitrogen and oxygen atoms in total. The topological polar surface area (TPSA) is 64.8 Å². The maximum absolute atomic E-state index is 12.2. The summed E-state index contributed by atoms with van der Waals surface area (Å²) >= 11 is 0. The van der Waals surface area contributed by atoms with Crippen LogP contribution in [0.25, 0.3) is 11.3 Å². The van der Waals surface area contributed by atoms with Gasteiger partial charge in [-0.15, -0.1) is 0 Å². The van der Waals surface area contributed by atoms with E-state index in [4.69, 9.17) is 9.47 Å². The summed E-state index contributed by atoms with van der Waals surface area (Å²) in [6.07, 6.45) is 2.04. The van der Waals surface area contributed by atoms with Gasteiger partial charge in [0.1, 0.15) is 11.5 Å². The predicted molar refractivity (Wildman–Crippen MR) is 132 cm³/mol. The largest absolute Gasteiger partial charge is 0.497 e. The molecule has 0 aliphatic heterocycles. The third-order valence-electron chi connectivity index (χ3n) is 5.26. The molecule has 0 heterocycles.